The number of aliphatic hydroxyl groups excluding tert-OH is 1. The third-order valence-electron chi connectivity index (χ3n) is 3.08. The summed E-state index contributed by atoms with van der Waals surface area (Å²) in [4.78, 5) is 0. The first-order valence-corrected chi connectivity index (χ1v) is 7.00. The first kappa shape index (κ1) is 13.1. The van der Waals surface area contributed by atoms with E-state index in [1.807, 2.05) is 12.1 Å². The zero-order valence-electron chi connectivity index (χ0n) is 9.94. The van der Waals surface area contributed by atoms with Gasteiger partial charge in [-0.1, -0.05) is 28.1 Å². The SMILES string of the molecule is OCC(COCC1CC1)Cc1cccc(Br)c1. The lowest BCUT2D eigenvalue weighted by Gasteiger charge is -2.14. The van der Waals surface area contributed by atoms with Crippen LogP contribution < -0.4 is 0 Å². The molecule has 3 heteroatoms. The van der Waals surface area contributed by atoms with Crippen LogP contribution in [0.1, 0.15) is 18.4 Å². The van der Waals surface area contributed by atoms with Gasteiger partial charge in [0.2, 0.25) is 0 Å². The molecule has 1 N–H and O–H groups in total. The number of benzene rings is 1. The Balaban J connectivity index is 1.76. The van der Waals surface area contributed by atoms with Crippen LogP contribution in [-0.2, 0) is 11.2 Å². The Morgan fingerprint density at radius 1 is 1.41 bits per heavy atom. The standard InChI is InChI=1S/C14H19BrO2/c15-14-3-1-2-12(7-14)6-13(8-16)10-17-9-11-4-5-11/h1-3,7,11,13,16H,4-6,8-10H2. The summed E-state index contributed by atoms with van der Waals surface area (Å²) >= 11 is 3.46. The summed E-state index contributed by atoms with van der Waals surface area (Å²) in [6.45, 7) is 1.73. The maximum Gasteiger partial charge on any atom is 0.0519 e. The molecule has 0 heterocycles. The lowest BCUT2D eigenvalue weighted by Crippen LogP contribution is -2.17. The molecule has 0 bridgehead atoms. The Morgan fingerprint density at radius 3 is 2.88 bits per heavy atom. The Morgan fingerprint density at radius 2 is 2.24 bits per heavy atom. The highest BCUT2D eigenvalue weighted by molar-refractivity contribution is 9.10. The lowest BCUT2D eigenvalue weighted by atomic mass is 10.0. The van der Waals surface area contributed by atoms with Gasteiger partial charge in [0.15, 0.2) is 0 Å². The molecule has 2 nitrogen and oxygen atoms in total. The van der Waals surface area contributed by atoms with Gasteiger partial charge in [-0.3, -0.25) is 0 Å². The molecule has 1 aliphatic rings. The van der Waals surface area contributed by atoms with E-state index in [9.17, 15) is 5.11 Å². The summed E-state index contributed by atoms with van der Waals surface area (Å²) in [6, 6.07) is 8.23. The van der Waals surface area contributed by atoms with Crippen molar-refractivity contribution in [2.45, 2.75) is 19.3 Å². The molecule has 1 aromatic carbocycles. The minimum Gasteiger partial charge on any atom is -0.396 e. The maximum atomic E-state index is 9.35. The molecule has 1 aliphatic carbocycles. The second-order valence-corrected chi connectivity index (χ2v) is 5.78. The highest BCUT2D eigenvalue weighted by Crippen LogP contribution is 2.29. The lowest BCUT2D eigenvalue weighted by molar-refractivity contribution is 0.0669. The van der Waals surface area contributed by atoms with Gasteiger partial charge in [-0.15, -0.1) is 0 Å². The van der Waals surface area contributed by atoms with Crippen LogP contribution in [0.25, 0.3) is 0 Å². The molecule has 0 aromatic heterocycles. The Hall–Kier alpha value is -0.380. The van der Waals surface area contributed by atoms with Crippen molar-refractivity contribution in [3.63, 3.8) is 0 Å². The van der Waals surface area contributed by atoms with E-state index in [4.69, 9.17) is 4.74 Å². The number of rotatable bonds is 7. The fourth-order valence-corrected chi connectivity index (χ4v) is 2.31. The Kier molecular flexibility index (Phi) is 5.01. The molecule has 1 atom stereocenters. The van der Waals surface area contributed by atoms with Crippen molar-refractivity contribution in [3.8, 4) is 0 Å². The van der Waals surface area contributed by atoms with Crippen molar-refractivity contribution in [3.05, 3.63) is 34.3 Å². The quantitative estimate of drug-likeness (QED) is 0.838. The first-order valence-electron chi connectivity index (χ1n) is 6.21. The normalized spacial score (nSPS) is 17.1. The zero-order valence-corrected chi connectivity index (χ0v) is 11.5. The molecule has 1 fully saturated rings. The first-order chi connectivity index (χ1) is 8.28. The van der Waals surface area contributed by atoms with Crippen molar-refractivity contribution < 1.29 is 9.84 Å². The largest absolute Gasteiger partial charge is 0.396 e. The van der Waals surface area contributed by atoms with Crippen molar-refractivity contribution >= 4 is 15.9 Å². The number of halogens is 1. The average Bonchev–Trinajstić information content (AvgIpc) is 3.12. The minimum absolute atomic E-state index is 0.192. The summed E-state index contributed by atoms with van der Waals surface area (Å²) in [6.07, 6.45) is 3.51. The molecule has 1 saturated carbocycles. The van der Waals surface area contributed by atoms with Crippen LogP contribution in [0.3, 0.4) is 0 Å². The molecule has 0 aliphatic heterocycles. The van der Waals surface area contributed by atoms with Crippen molar-refractivity contribution in [1.29, 1.82) is 0 Å². The fraction of sp³-hybridized carbons (Fsp3) is 0.571. The Bertz CT molecular complexity index is 350. The summed E-state index contributed by atoms with van der Waals surface area (Å²) in [5, 5.41) is 9.35. The predicted octanol–water partition coefficient (Wildman–Crippen LogP) is 3.03. The summed E-state index contributed by atoms with van der Waals surface area (Å²) in [7, 11) is 0. The van der Waals surface area contributed by atoms with E-state index in [1.165, 1.54) is 18.4 Å². The second-order valence-electron chi connectivity index (χ2n) is 4.86. The number of ether oxygens (including phenoxy) is 1. The van der Waals surface area contributed by atoms with E-state index in [0.717, 1.165) is 23.4 Å². The van der Waals surface area contributed by atoms with Crippen LogP contribution in [-0.4, -0.2) is 24.9 Å². The third-order valence-corrected chi connectivity index (χ3v) is 3.57. The average molecular weight is 299 g/mol. The van der Waals surface area contributed by atoms with Crippen LogP contribution in [0, 0.1) is 11.8 Å². The van der Waals surface area contributed by atoms with Crippen molar-refractivity contribution in [1.82, 2.24) is 0 Å². The van der Waals surface area contributed by atoms with Crippen molar-refractivity contribution in [2.75, 3.05) is 19.8 Å². The molecule has 1 aromatic rings. The monoisotopic (exact) mass is 298 g/mol. The minimum atomic E-state index is 0.192. The molecule has 0 saturated heterocycles. The van der Waals surface area contributed by atoms with E-state index in [0.29, 0.717) is 6.61 Å². The molecule has 17 heavy (non-hydrogen) atoms. The number of hydrogen-bond donors (Lipinski definition) is 1. The van der Waals surface area contributed by atoms with Gasteiger partial charge in [0, 0.05) is 23.6 Å². The van der Waals surface area contributed by atoms with Crippen molar-refractivity contribution in [2.24, 2.45) is 11.8 Å². The van der Waals surface area contributed by atoms with Crippen LogP contribution in [0.15, 0.2) is 28.7 Å². The van der Waals surface area contributed by atoms with E-state index in [1.54, 1.807) is 0 Å². The topological polar surface area (TPSA) is 29.5 Å². The summed E-state index contributed by atoms with van der Waals surface area (Å²) < 4.78 is 6.73. The molecule has 1 unspecified atom stereocenters. The number of aliphatic hydroxyl groups is 1. The van der Waals surface area contributed by atoms with Gasteiger partial charge in [0.1, 0.15) is 0 Å². The molecule has 0 radical (unpaired) electrons. The molecule has 0 spiro atoms. The molecule has 94 valence electrons. The van der Waals surface area contributed by atoms with Crippen LogP contribution in [0.5, 0.6) is 0 Å². The highest BCUT2D eigenvalue weighted by Gasteiger charge is 2.21. The predicted molar refractivity (Wildman–Crippen MR) is 72.0 cm³/mol. The second kappa shape index (κ2) is 6.53. The summed E-state index contributed by atoms with van der Waals surface area (Å²) in [5.74, 6) is 1.00. The van der Waals surface area contributed by atoms with Crippen LogP contribution in [0.4, 0.5) is 0 Å². The van der Waals surface area contributed by atoms with Gasteiger partial charge in [-0.2, -0.15) is 0 Å². The van der Waals surface area contributed by atoms with E-state index in [-0.39, 0.29) is 12.5 Å². The van der Waals surface area contributed by atoms with Gasteiger partial charge in [-0.25, -0.2) is 0 Å². The third kappa shape index (κ3) is 4.78. The number of hydrogen-bond acceptors (Lipinski definition) is 2. The zero-order chi connectivity index (χ0) is 12.1. The fourth-order valence-electron chi connectivity index (χ4n) is 1.86. The highest BCUT2D eigenvalue weighted by atomic mass is 79.9. The van der Waals surface area contributed by atoms with Gasteiger partial charge in [0.05, 0.1) is 6.61 Å². The molecule has 2 rings (SSSR count). The van der Waals surface area contributed by atoms with Gasteiger partial charge in [0.25, 0.3) is 0 Å². The van der Waals surface area contributed by atoms with E-state index >= 15 is 0 Å². The maximum absolute atomic E-state index is 9.35. The van der Waals surface area contributed by atoms with Crippen LogP contribution >= 0.6 is 15.9 Å². The van der Waals surface area contributed by atoms with E-state index < -0.39 is 0 Å². The van der Waals surface area contributed by atoms with E-state index in [2.05, 4.69) is 28.1 Å². The van der Waals surface area contributed by atoms with Gasteiger partial charge in [-0.05, 0) is 42.9 Å². The Labute approximate surface area is 111 Å². The van der Waals surface area contributed by atoms with Gasteiger partial charge < -0.3 is 9.84 Å². The molecular formula is C14H19BrO2. The molecular weight excluding hydrogens is 280 g/mol. The summed E-state index contributed by atoms with van der Waals surface area (Å²) in [5.41, 5.74) is 1.24. The van der Waals surface area contributed by atoms with Gasteiger partial charge >= 0.3 is 0 Å². The molecule has 0 amide bonds. The smallest absolute Gasteiger partial charge is 0.0519 e. The van der Waals surface area contributed by atoms with Crippen LogP contribution in [0.2, 0.25) is 0 Å².